The average Bonchev–Trinajstić information content (AvgIpc) is 3.76. The molecule has 0 saturated heterocycles. The zero-order valence-electron chi connectivity index (χ0n) is 25.0. The van der Waals surface area contributed by atoms with Crippen molar-refractivity contribution in [2.24, 2.45) is 5.10 Å². The molecule has 2 aromatic carbocycles. The fourth-order valence-electron chi connectivity index (χ4n) is 5.97. The van der Waals surface area contributed by atoms with E-state index in [0.717, 1.165) is 52.5 Å². The molecule has 0 radical (unpaired) electrons. The van der Waals surface area contributed by atoms with Crippen molar-refractivity contribution in [1.82, 2.24) is 24.3 Å². The van der Waals surface area contributed by atoms with Crippen LogP contribution in [0.1, 0.15) is 52.7 Å². The van der Waals surface area contributed by atoms with Gasteiger partial charge in [-0.25, -0.2) is 14.7 Å². The quantitative estimate of drug-likeness (QED) is 0.309. The lowest BCUT2D eigenvalue weighted by Crippen LogP contribution is -2.37. The minimum absolute atomic E-state index is 0.215. The fraction of sp³-hybridized carbons (Fsp3) is 0.344. The largest absolute Gasteiger partial charge is 0.497 e. The van der Waals surface area contributed by atoms with Crippen molar-refractivity contribution in [3.05, 3.63) is 92.7 Å². The highest BCUT2D eigenvalue weighted by Gasteiger charge is 2.36. The van der Waals surface area contributed by atoms with Crippen molar-refractivity contribution in [1.29, 1.82) is 0 Å². The van der Waals surface area contributed by atoms with Gasteiger partial charge in [0.05, 0.1) is 44.5 Å². The highest BCUT2D eigenvalue weighted by Crippen LogP contribution is 2.42. The molecule has 3 heterocycles. The number of hydrogen-bond acceptors (Lipinski definition) is 8. The third-order valence-corrected chi connectivity index (χ3v) is 8.04. The molecule has 222 valence electrons. The number of hydrogen-bond donors (Lipinski definition) is 0. The summed E-state index contributed by atoms with van der Waals surface area (Å²) < 4.78 is 19.7. The fourth-order valence-corrected chi connectivity index (χ4v) is 5.97. The molecule has 1 aliphatic heterocycles. The van der Waals surface area contributed by atoms with Gasteiger partial charge in [-0.15, -0.1) is 0 Å². The van der Waals surface area contributed by atoms with E-state index in [-0.39, 0.29) is 18.0 Å². The van der Waals surface area contributed by atoms with Gasteiger partial charge in [-0.2, -0.15) is 10.2 Å². The smallest absolute Gasteiger partial charge is 0.263 e. The van der Waals surface area contributed by atoms with Gasteiger partial charge in [-0.1, -0.05) is 12.1 Å². The van der Waals surface area contributed by atoms with Gasteiger partial charge in [0.1, 0.15) is 12.3 Å². The van der Waals surface area contributed by atoms with Crippen molar-refractivity contribution >= 4 is 11.6 Å². The van der Waals surface area contributed by atoms with Crippen LogP contribution in [0.3, 0.4) is 0 Å². The van der Waals surface area contributed by atoms with Crippen LogP contribution in [0.2, 0.25) is 0 Å². The number of benzene rings is 2. The summed E-state index contributed by atoms with van der Waals surface area (Å²) in [5, 5.41) is 10.9. The van der Waals surface area contributed by atoms with Crippen LogP contribution in [-0.4, -0.2) is 57.3 Å². The number of methoxy groups -OCH3 is 3. The van der Waals surface area contributed by atoms with Crippen molar-refractivity contribution in [3.8, 4) is 23.2 Å². The minimum Gasteiger partial charge on any atom is -0.497 e. The van der Waals surface area contributed by atoms with Crippen LogP contribution in [-0.2, 0) is 24.2 Å². The summed E-state index contributed by atoms with van der Waals surface area (Å²) in [6, 6.07) is 14.6. The Balaban J connectivity index is 1.44. The van der Waals surface area contributed by atoms with Gasteiger partial charge in [0, 0.05) is 23.2 Å². The van der Waals surface area contributed by atoms with Gasteiger partial charge < -0.3 is 14.2 Å². The van der Waals surface area contributed by atoms with E-state index in [0.29, 0.717) is 35.9 Å². The van der Waals surface area contributed by atoms with Gasteiger partial charge in [-0.3, -0.25) is 14.2 Å². The Hall–Kier alpha value is -4.93. The van der Waals surface area contributed by atoms with Crippen LogP contribution in [0.5, 0.6) is 17.2 Å². The van der Waals surface area contributed by atoms with Gasteiger partial charge in [-0.05, 0) is 75.1 Å². The lowest BCUT2D eigenvalue weighted by molar-refractivity contribution is -0.133. The molecule has 2 aromatic heterocycles. The maximum Gasteiger partial charge on any atom is 0.263 e. The normalized spacial score (nSPS) is 15.8. The molecule has 1 amide bonds. The Morgan fingerprint density at radius 2 is 1.79 bits per heavy atom. The summed E-state index contributed by atoms with van der Waals surface area (Å²) in [5.74, 6) is 1.78. The lowest BCUT2D eigenvalue weighted by Gasteiger charge is -2.25. The van der Waals surface area contributed by atoms with E-state index < -0.39 is 6.04 Å². The van der Waals surface area contributed by atoms with Gasteiger partial charge in [0.15, 0.2) is 11.5 Å². The number of hydrazone groups is 1. The first-order valence-electron chi connectivity index (χ1n) is 14.2. The molecule has 1 aliphatic carbocycles. The summed E-state index contributed by atoms with van der Waals surface area (Å²) in [5.41, 5.74) is 5.18. The van der Waals surface area contributed by atoms with Crippen LogP contribution in [0.4, 0.5) is 0 Å². The van der Waals surface area contributed by atoms with Crippen LogP contribution < -0.4 is 19.8 Å². The molecular formula is C32H34N6O5. The van der Waals surface area contributed by atoms with E-state index in [9.17, 15) is 9.59 Å². The molecule has 11 heteroatoms. The first-order valence-corrected chi connectivity index (χ1v) is 14.2. The van der Waals surface area contributed by atoms with Gasteiger partial charge >= 0.3 is 0 Å². The zero-order chi connectivity index (χ0) is 30.2. The summed E-state index contributed by atoms with van der Waals surface area (Å²) in [6.45, 7) is 3.54. The number of carbonyl (C=O) groups is 1. The number of amides is 1. The van der Waals surface area contributed by atoms with E-state index in [1.807, 2.05) is 62.4 Å². The molecule has 43 heavy (non-hydrogen) atoms. The summed E-state index contributed by atoms with van der Waals surface area (Å²) in [4.78, 5) is 33.0. The second kappa shape index (κ2) is 11.4. The second-order valence-corrected chi connectivity index (χ2v) is 10.7. The summed E-state index contributed by atoms with van der Waals surface area (Å²) in [6.07, 6.45) is 2.65. The predicted octanol–water partition coefficient (Wildman–Crippen LogP) is 3.94. The molecule has 0 bridgehead atoms. The van der Waals surface area contributed by atoms with Crippen LogP contribution >= 0.6 is 0 Å². The van der Waals surface area contributed by atoms with Crippen molar-refractivity contribution < 1.29 is 19.0 Å². The Kier molecular flexibility index (Phi) is 7.47. The number of para-hydroxylation sites is 1. The van der Waals surface area contributed by atoms with Gasteiger partial charge in [0.2, 0.25) is 5.95 Å². The van der Waals surface area contributed by atoms with E-state index in [4.69, 9.17) is 24.3 Å². The van der Waals surface area contributed by atoms with Crippen molar-refractivity contribution in [3.63, 3.8) is 0 Å². The molecular weight excluding hydrogens is 548 g/mol. The molecule has 0 saturated carbocycles. The molecule has 11 nitrogen and oxygen atoms in total. The highest BCUT2D eigenvalue weighted by atomic mass is 16.5. The zero-order valence-corrected chi connectivity index (χ0v) is 25.0. The first kappa shape index (κ1) is 28.2. The molecule has 2 aliphatic rings. The molecule has 0 fully saturated rings. The van der Waals surface area contributed by atoms with Crippen LogP contribution in [0.15, 0.2) is 58.4 Å². The third-order valence-electron chi connectivity index (χ3n) is 8.04. The minimum atomic E-state index is -0.495. The Bertz CT molecular complexity index is 1790. The highest BCUT2D eigenvalue weighted by molar-refractivity contribution is 6.03. The number of nitrogens with zero attached hydrogens (tertiary/aromatic N) is 6. The molecule has 4 aromatic rings. The number of rotatable bonds is 8. The molecule has 1 unspecified atom stereocenters. The SMILES string of the molecule is COc1ccc(C2=NN(C(=O)Cn3c(-n4nc(C)cc4C)nc4c(c3=O)CCC4)C(c3cccc(OC)c3OC)C2)cc1. The molecule has 0 spiro atoms. The molecule has 0 N–H and O–H groups in total. The molecule has 6 rings (SSSR count). The van der Waals surface area contributed by atoms with Crippen LogP contribution in [0.25, 0.3) is 5.95 Å². The van der Waals surface area contributed by atoms with E-state index in [1.165, 1.54) is 9.58 Å². The lowest BCUT2D eigenvalue weighted by atomic mass is 9.97. The Morgan fingerprint density at radius 1 is 1.00 bits per heavy atom. The van der Waals surface area contributed by atoms with Gasteiger partial charge in [0.25, 0.3) is 11.5 Å². The summed E-state index contributed by atoms with van der Waals surface area (Å²) >= 11 is 0. The number of ether oxygens (including phenoxy) is 3. The van der Waals surface area contributed by atoms with Crippen molar-refractivity contribution in [2.45, 2.75) is 52.1 Å². The number of aryl methyl sites for hydroxylation is 3. The number of fused-ring (bicyclic) bond motifs is 1. The monoisotopic (exact) mass is 582 g/mol. The predicted molar refractivity (Wildman–Crippen MR) is 160 cm³/mol. The Morgan fingerprint density at radius 3 is 2.47 bits per heavy atom. The third kappa shape index (κ3) is 5.04. The average molecular weight is 583 g/mol. The van der Waals surface area contributed by atoms with E-state index in [2.05, 4.69) is 5.10 Å². The standard InChI is InChI=1S/C32H34N6O5/c1-19-16-20(2)37(34-19)32-33-25-10-6-8-23(25)31(40)36(32)18-29(39)38-27(24-9-7-11-28(42-4)30(24)43-5)17-26(35-38)21-12-14-22(41-3)15-13-21/h7,9,11-16,27H,6,8,10,17-18H2,1-5H3. The Labute approximate surface area is 249 Å². The number of aromatic nitrogens is 4. The van der Waals surface area contributed by atoms with E-state index >= 15 is 0 Å². The first-order chi connectivity index (χ1) is 20.8. The number of carbonyl (C=O) groups excluding carboxylic acids is 1. The van der Waals surface area contributed by atoms with E-state index in [1.54, 1.807) is 26.0 Å². The topological polar surface area (TPSA) is 113 Å². The molecule has 1 atom stereocenters. The summed E-state index contributed by atoms with van der Waals surface area (Å²) in [7, 11) is 4.76. The maximum absolute atomic E-state index is 14.3. The van der Waals surface area contributed by atoms with Crippen LogP contribution in [0, 0.1) is 13.8 Å². The maximum atomic E-state index is 14.3. The van der Waals surface area contributed by atoms with Crippen molar-refractivity contribution in [2.75, 3.05) is 21.3 Å². The second-order valence-electron chi connectivity index (χ2n) is 10.7.